The minimum atomic E-state index is 0. The summed E-state index contributed by atoms with van der Waals surface area (Å²) in [5, 5.41) is 7.40. The summed E-state index contributed by atoms with van der Waals surface area (Å²) in [6.07, 6.45) is 1.43. The predicted molar refractivity (Wildman–Crippen MR) is 26.1 cm³/mol. The van der Waals surface area contributed by atoms with E-state index < -0.39 is 0 Å². The quantitative estimate of drug-likeness (QED) is 0.420. The number of rotatable bonds is 0. The Morgan fingerprint density at radius 2 is 1.67 bits per heavy atom. The Labute approximate surface area is 39.4 Å². The van der Waals surface area contributed by atoms with Gasteiger partial charge in [0.2, 0.25) is 0 Å². The number of ether oxygens (including phenoxy) is 1. The van der Waals surface area contributed by atoms with Crippen LogP contribution in [0.15, 0.2) is 0 Å². The molecule has 0 saturated carbocycles. The Kier molecular flexibility index (Phi) is 86.3. The molecule has 0 aliphatic heterocycles. The van der Waals surface area contributed by atoms with Gasteiger partial charge in [-0.3, -0.25) is 0 Å². The van der Waals surface area contributed by atoms with E-state index >= 15 is 0 Å². The largest absolute Gasteiger partial charge is 0.431 e. The molecule has 0 aromatic heterocycles. The van der Waals surface area contributed by atoms with Gasteiger partial charge in [0.05, 0.1) is 7.11 Å². The Bertz CT molecular complexity index is 37.3. The SMILES string of the molecule is C.C.COC#N. The molecule has 6 heavy (non-hydrogen) atoms. The van der Waals surface area contributed by atoms with E-state index in [9.17, 15) is 0 Å². The molecular weight excluding hydrogens is 78.1 g/mol. The van der Waals surface area contributed by atoms with Crippen molar-refractivity contribution in [3.63, 3.8) is 0 Å². The fourth-order valence-corrected chi connectivity index (χ4v) is 0. The minimum absolute atomic E-state index is 0. The third kappa shape index (κ3) is 205. The molecular formula is C4H11NO. The van der Waals surface area contributed by atoms with E-state index in [0.717, 1.165) is 0 Å². The molecule has 0 fully saturated rings. The maximum Gasteiger partial charge on any atom is 0.286 e. The molecule has 0 N–H and O–H groups in total. The Morgan fingerprint density at radius 1 is 1.50 bits per heavy atom. The predicted octanol–water partition coefficient (Wildman–Crippen LogP) is 1.39. The van der Waals surface area contributed by atoms with Crippen molar-refractivity contribution in [3.05, 3.63) is 0 Å². The van der Waals surface area contributed by atoms with Crippen LogP contribution in [0.3, 0.4) is 0 Å². The van der Waals surface area contributed by atoms with Crippen molar-refractivity contribution in [3.8, 4) is 6.26 Å². The van der Waals surface area contributed by atoms with Crippen LogP contribution >= 0.6 is 0 Å². The number of hydrogen-bond acceptors (Lipinski definition) is 2. The fourth-order valence-electron chi connectivity index (χ4n) is 0. The molecule has 0 rings (SSSR count). The molecule has 0 heterocycles. The Morgan fingerprint density at radius 3 is 1.67 bits per heavy atom. The zero-order chi connectivity index (χ0) is 3.41. The van der Waals surface area contributed by atoms with Gasteiger partial charge in [-0.25, -0.2) is 0 Å². The summed E-state index contributed by atoms with van der Waals surface area (Å²) in [7, 11) is 1.32. The van der Waals surface area contributed by atoms with Crippen LogP contribution in [0.4, 0.5) is 0 Å². The molecule has 0 aromatic rings. The fraction of sp³-hybridized carbons (Fsp3) is 0.750. The van der Waals surface area contributed by atoms with E-state index in [4.69, 9.17) is 5.26 Å². The highest BCUT2D eigenvalue weighted by molar-refractivity contribution is 4.39. The lowest BCUT2D eigenvalue weighted by Gasteiger charge is -1.61. The lowest BCUT2D eigenvalue weighted by molar-refractivity contribution is 0.362. The molecule has 0 aliphatic rings. The van der Waals surface area contributed by atoms with E-state index in [0.29, 0.717) is 0 Å². The molecule has 2 nitrogen and oxygen atoms in total. The molecule has 0 saturated heterocycles. The van der Waals surface area contributed by atoms with Gasteiger partial charge in [0.25, 0.3) is 6.26 Å². The summed E-state index contributed by atoms with van der Waals surface area (Å²) in [4.78, 5) is 0. The van der Waals surface area contributed by atoms with Crippen molar-refractivity contribution in [2.24, 2.45) is 0 Å². The van der Waals surface area contributed by atoms with Crippen molar-refractivity contribution < 1.29 is 4.74 Å². The van der Waals surface area contributed by atoms with Crippen molar-refractivity contribution in [1.29, 1.82) is 5.26 Å². The van der Waals surface area contributed by atoms with Crippen LogP contribution in [0.2, 0.25) is 0 Å². The minimum Gasteiger partial charge on any atom is -0.431 e. The lowest BCUT2D eigenvalue weighted by atomic mass is 11.5. The van der Waals surface area contributed by atoms with E-state index in [2.05, 4.69) is 4.74 Å². The Hall–Kier alpha value is -0.710. The van der Waals surface area contributed by atoms with E-state index in [1.54, 1.807) is 0 Å². The first kappa shape index (κ1) is 18.6. The second kappa shape index (κ2) is 27.9. The van der Waals surface area contributed by atoms with Crippen molar-refractivity contribution in [1.82, 2.24) is 0 Å². The summed E-state index contributed by atoms with van der Waals surface area (Å²) in [5.41, 5.74) is 0. The van der Waals surface area contributed by atoms with Crippen molar-refractivity contribution >= 4 is 0 Å². The topological polar surface area (TPSA) is 33.0 Å². The van der Waals surface area contributed by atoms with Crippen LogP contribution in [-0.4, -0.2) is 7.11 Å². The van der Waals surface area contributed by atoms with Gasteiger partial charge < -0.3 is 4.74 Å². The molecule has 0 spiro atoms. The van der Waals surface area contributed by atoms with Crippen molar-refractivity contribution in [2.75, 3.05) is 7.11 Å². The maximum absolute atomic E-state index is 7.40. The van der Waals surface area contributed by atoms with Gasteiger partial charge in [0.1, 0.15) is 0 Å². The third-order valence-corrected chi connectivity index (χ3v) is 0.0913. The standard InChI is InChI=1S/C2H3NO.2CH4/c1-4-2-3;;/h1H3;2*1H4. The van der Waals surface area contributed by atoms with Gasteiger partial charge in [-0.2, -0.15) is 5.26 Å². The molecule has 2 heteroatoms. The molecule has 0 amide bonds. The van der Waals surface area contributed by atoms with Gasteiger partial charge in [0.15, 0.2) is 0 Å². The van der Waals surface area contributed by atoms with Crippen LogP contribution < -0.4 is 0 Å². The summed E-state index contributed by atoms with van der Waals surface area (Å²) in [6.45, 7) is 0. The van der Waals surface area contributed by atoms with Gasteiger partial charge in [0, 0.05) is 0 Å². The van der Waals surface area contributed by atoms with Crippen LogP contribution in [0, 0.1) is 11.5 Å². The summed E-state index contributed by atoms with van der Waals surface area (Å²) in [6, 6.07) is 0. The number of methoxy groups -OCH3 is 1. The first-order valence-corrected chi connectivity index (χ1v) is 0.836. The maximum atomic E-state index is 7.40. The van der Waals surface area contributed by atoms with E-state index in [-0.39, 0.29) is 14.9 Å². The van der Waals surface area contributed by atoms with E-state index in [1.165, 1.54) is 13.4 Å². The number of nitriles is 1. The number of nitrogens with zero attached hydrogens (tertiary/aromatic N) is 1. The highest BCUT2D eigenvalue weighted by Gasteiger charge is 1.42. The van der Waals surface area contributed by atoms with Crippen molar-refractivity contribution in [2.45, 2.75) is 14.9 Å². The van der Waals surface area contributed by atoms with E-state index in [1.807, 2.05) is 0 Å². The zero-order valence-electron chi connectivity index (χ0n) is 2.36. The first-order chi connectivity index (χ1) is 1.91. The second-order valence-electron chi connectivity index (χ2n) is 0.295. The first-order valence-electron chi connectivity index (χ1n) is 0.836. The molecule has 0 atom stereocenters. The normalized spacial score (nSPS) is 2.67. The molecule has 0 bridgehead atoms. The lowest BCUT2D eigenvalue weighted by Crippen LogP contribution is -1.55. The second-order valence-corrected chi connectivity index (χ2v) is 0.295. The summed E-state index contributed by atoms with van der Waals surface area (Å²) in [5.74, 6) is 0. The monoisotopic (exact) mass is 89.1 g/mol. The molecule has 0 unspecified atom stereocenters. The average Bonchev–Trinajstić information content (AvgIpc) is 1.37. The molecule has 0 aromatic carbocycles. The highest BCUT2D eigenvalue weighted by Crippen LogP contribution is 1.41. The van der Waals surface area contributed by atoms with Gasteiger partial charge in [-0.15, -0.1) is 0 Å². The van der Waals surface area contributed by atoms with Crippen LogP contribution in [0.25, 0.3) is 0 Å². The zero-order valence-corrected chi connectivity index (χ0v) is 2.36. The Balaban J connectivity index is -0.0000000450. The van der Waals surface area contributed by atoms with Crippen LogP contribution in [-0.2, 0) is 4.74 Å². The van der Waals surface area contributed by atoms with Gasteiger partial charge >= 0.3 is 0 Å². The molecule has 0 radical (unpaired) electrons. The average molecular weight is 89.1 g/mol. The smallest absolute Gasteiger partial charge is 0.286 e. The van der Waals surface area contributed by atoms with Gasteiger partial charge in [-0.05, 0) is 0 Å². The number of hydrogen-bond donors (Lipinski definition) is 0. The highest BCUT2D eigenvalue weighted by atomic mass is 16.5. The molecule has 38 valence electrons. The molecule has 0 aliphatic carbocycles. The third-order valence-electron chi connectivity index (χ3n) is 0.0913. The van der Waals surface area contributed by atoms with Gasteiger partial charge in [-0.1, -0.05) is 14.9 Å². The summed E-state index contributed by atoms with van der Waals surface area (Å²) < 4.78 is 3.85. The van der Waals surface area contributed by atoms with Crippen LogP contribution in [0.5, 0.6) is 0 Å². The summed E-state index contributed by atoms with van der Waals surface area (Å²) >= 11 is 0. The van der Waals surface area contributed by atoms with Crippen LogP contribution in [0.1, 0.15) is 14.9 Å².